The summed E-state index contributed by atoms with van der Waals surface area (Å²) in [6.45, 7) is -0.0714. The van der Waals surface area contributed by atoms with Crippen LogP contribution in [0, 0.1) is 0 Å². The molecule has 7 N–H and O–H groups in total. The van der Waals surface area contributed by atoms with E-state index >= 15 is 0 Å². The Bertz CT molecular complexity index is 472. The summed E-state index contributed by atoms with van der Waals surface area (Å²) in [4.78, 5) is 38.4. The van der Waals surface area contributed by atoms with Crippen molar-refractivity contribution in [2.45, 2.75) is 6.54 Å². The van der Waals surface area contributed by atoms with Crippen molar-refractivity contribution in [3.8, 4) is 0 Å². The van der Waals surface area contributed by atoms with Crippen LogP contribution in [0.4, 0.5) is 0 Å². The largest absolute Gasteiger partial charge is 0.369 e. The van der Waals surface area contributed by atoms with Crippen molar-refractivity contribution in [2.75, 3.05) is 13.1 Å². The van der Waals surface area contributed by atoms with Crippen molar-refractivity contribution in [1.82, 2.24) is 15.3 Å². The molecule has 1 heterocycles. The van der Waals surface area contributed by atoms with E-state index in [1.807, 2.05) is 5.43 Å². The third-order valence-electron chi connectivity index (χ3n) is 2.02. The smallest absolute Gasteiger partial charge is 0.294 e. The second kappa shape index (κ2) is 6.78. The Morgan fingerprint density at radius 3 is 2.32 bits per heavy atom. The minimum atomic E-state index is -0.587. The Morgan fingerprint density at radius 2 is 1.84 bits per heavy atom. The fraction of sp³-hybridized carbons (Fsp3) is 0.333. The van der Waals surface area contributed by atoms with E-state index in [2.05, 4.69) is 4.98 Å². The van der Waals surface area contributed by atoms with E-state index in [4.69, 9.17) is 17.3 Å². The van der Waals surface area contributed by atoms with E-state index in [1.165, 1.54) is 4.90 Å². The summed E-state index contributed by atoms with van der Waals surface area (Å²) in [5, 5.41) is 1.81. The van der Waals surface area contributed by atoms with Gasteiger partial charge in [0, 0.05) is 11.9 Å². The normalized spacial score (nSPS) is 10.4. The molecule has 0 spiro atoms. The maximum Gasteiger partial charge on any atom is 0.294 e. The highest BCUT2D eigenvalue weighted by atomic mass is 32.1. The number of primary amides is 2. The van der Waals surface area contributed by atoms with Crippen molar-refractivity contribution < 1.29 is 14.4 Å². The zero-order chi connectivity index (χ0) is 14.4. The first-order valence-corrected chi connectivity index (χ1v) is 6.04. The number of nitrogens with zero attached hydrogens (tertiary/aromatic N) is 2. The van der Waals surface area contributed by atoms with Crippen LogP contribution in [0.2, 0.25) is 0 Å². The summed E-state index contributed by atoms with van der Waals surface area (Å²) < 4.78 is 0. The third-order valence-corrected chi connectivity index (χ3v) is 2.91. The van der Waals surface area contributed by atoms with E-state index in [9.17, 15) is 14.4 Å². The second-order valence-electron chi connectivity index (χ2n) is 3.70. The SMILES string of the molecule is NNC(=O)c1nc(CN(CC(N)=O)CC(N)=O)cs1. The van der Waals surface area contributed by atoms with Gasteiger partial charge in [-0.3, -0.25) is 24.7 Å². The quantitative estimate of drug-likeness (QED) is 0.247. The molecule has 0 saturated heterocycles. The lowest BCUT2D eigenvalue weighted by molar-refractivity contribution is -0.122. The maximum atomic E-state index is 11.2. The molecule has 0 unspecified atom stereocenters. The molecule has 9 nitrogen and oxygen atoms in total. The number of nitrogen functional groups attached to an aromatic ring is 1. The van der Waals surface area contributed by atoms with Gasteiger partial charge in [-0.05, 0) is 0 Å². The molecule has 0 saturated carbocycles. The number of aromatic nitrogens is 1. The van der Waals surface area contributed by atoms with Gasteiger partial charge >= 0.3 is 0 Å². The highest BCUT2D eigenvalue weighted by Crippen LogP contribution is 2.11. The molecule has 1 aromatic heterocycles. The number of carbonyl (C=O) groups is 3. The van der Waals surface area contributed by atoms with E-state index < -0.39 is 17.7 Å². The number of amides is 3. The van der Waals surface area contributed by atoms with Gasteiger partial charge in [0.2, 0.25) is 11.8 Å². The number of thiazole rings is 1. The summed E-state index contributed by atoms with van der Waals surface area (Å²) in [7, 11) is 0. The van der Waals surface area contributed by atoms with Crippen LogP contribution in [-0.2, 0) is 16.1 Å². The molecule has 1 aromatic rings. The van der Waals surface area contributed by atoms with E-state index in [0.29, 0.717) is 5.69 Å². The summed E-state index contributed by atoms with van der Waals surface area (Å²) in [5.74, 6) is 3.30. The lowest BCUT2D eigenvalue weighted by Gasteiger charge is -2.17. The van der Waals surface area contributed by atoms with Gasteiger partial charge < -0.3 is 11.5 Å². The Kier molecular flexibility index (Phi) is 5.36. The maximum absolute atomic E-state index is 11.2. The average molecular weight is 286 g/mol. The molecule has 0 atom stereocenters. The van der Waals surface area contributed by atoms with Crippen LogP contribution in [0.15, 0.2) is 5.38 Å². The molecule has 0 aliphatic rings. The van der Waals surface area contributed by atoms with Crippen molar-refractivity contribution in [1.29, 1.82) is 0 Å². The molecule has 0 radical (unpaired) electrons. The van der Waals surface area contributed by atoms with Gasteiger partial charge in [0.15, 0.2) is 5.01 Å². The van der Waals surface area contributed by atoms with Gasteiger partial charge in [-0.15, -0.1) is 11.3 Å². The van der Waals surface area contributed by atoms with Gasteiger partial charge in [0.05, 0.1) is 18.8 Å². The summed E-state index contributed by atoms with van der Waals surface area (Å²) in [6.07, 6.45) is 0. The number of hydrazine groups is 1. The Balaban J connectivity index is 2.72. The Labute approximate surface area is 112 Å². The first-order valence-electron chi connectivity index (χ1n) is 5.16. The van der Waals surface area contributed by atoms with Gasteiger partial charge in [-0.2, -0.15) is 0 Å². The van der Waals surface area contributed by atoms with E-state index in [-0.39, 0.29) is 24.6 Å². The van der Waals surface area contributed by atoms with Crippen molar-refractivity contribution in [3.05, 3.63) is 16.1 Å². The van der Waals surface area contributed by atoms with Crippen LogP contribution in [0.5, 0.6) is 0 Å². The summed E-state index contributed by atoms with van der Waals surface area (Å²) in [5.41, 5.74) is 12.6. The minimum absolute atomic E-state index is 0.126. The van der Waals surface area contributed by atoms with Crippen LogP contribution in [0.1, 0.15) is 15.5 Å². The molecule has 0 fully saturated rings. The second-order valence-corrected chi connectivity index (χ2v) is 4.55. The molecule has 0 aliphatic carbocycles. The van der Waals surface area contributed by atoms with E-state index in [1.54, 1.807) is 5.38 Å². The van der Waals surface area contributed by atoms with Crippen molar-refractivity contribution in [3.63, 3.8) is 0 Å². The fourth-order valence-corrected chi connectivity index (χ4v) is 2.09. The number of rotatable bonds is 7. The molecular formula is C9H14N6O3S. The predicted molar refractivity (Wildman–Crippen MR) is 67.4 cm³/mol. The van der Waals surface area contributed by atoms with Crippen molar-refractivity contribution >= 4 is 29.1 Å². The standard InChI is InChI=1S/C9H14N6O3S/c10-6(16)2-15(3-7(11)17)1-5-4-19-9(13-5)8(18)14-12/h4H,1-3,12H2,(H2,10,16)(H2,11,17)(H,14,18). The highest BCUT2D eigenvalue weighted by Gasteiger charge is 2.15. The van der Waals surface area contributed by atoms with Crippen LogP contribution in [0.3, 0.4) is 0 Å². The minimum Gasteiger partial charge on any atom is -0.369 e. The Morgan fingerprint density at radius 1 is 1.26 bits per heavy atom. The first kappa shape index (κ1) is 15.0. The first-order chi connectivity index (χ1) is 8.92. The van der Waals surface area contributed by atoms with Gasteiger partial charge in [-0.1, -0.05) is 0 Å². The fourth-order valence-electron chi connectivity index (χ4n) is 1.38. The summed E-state index contributed by atoms with van der Waals surface area (Å²) >= 11 is 1.10. The molecular weight excluding hydrogens is 272 g/mol. The monoisotopic (exact) mass is 286 g/mol. The van der Waals surface area contributed by atoms with Crippen molar-refractivity contribution in [2.24, 2.45) is 17.3 Å². The number of carbonyl (C=O) groups excluding carboxylic acids is 3. The lowest BCUT2D eigenvalue weighted by atomic mass is 10.3. The topological polar surface area (TPSA) is 157 Å². The third kappa shape index (κ3) is 4.99. The molecule has 1 rings (SSSR count). The van der Waals surface area contributed by atoms with Crippen LogP contribution < -0.4 is 22.7 Å². The molecule has 0 aromatic carbocycles. The molecule has 3 amide bonds. The molecule has 104 valence electrons. The molecule has 10 heteroatoms. The average Bonchev–Trinajstić information content (AvgIpc) is 2.74. The summed E-state index contributed by atoms with van der Waals surface area (Å²) in [6, 6.07) is 0. The van der Waals surface area contributed by atoms with Gasteiger partial charge in [-0.25, -0.2) is 10.8 Å². The van der Waals surface area contributed by atoms with Crippen LogP contribution in [0.25, 0.3) is 0 Å². The number of nitrogens with one attached hydrogen (secondary N) is 1. The van der Waals surface area contributed by atoms with Gasteiger partial charge in [0.1, 0.15) is 0 Å². The highest BCUT2D eigenvalue weighted by molar-refractivity contribution is 7.11. The van der Waals surface area contributed by atoms with E-state index in [0.717, 1.165) is 11.3 Å². The zero-order valence-electron chi connectivity index (χ0n) is 9.96. The van der Waals surface area contributed by atoms with Crippen LogP contribution in [-0.4, -0.2) is 40.7 Å². The lowest BCUT2D eigenvalue weighted by Crippen LogP contribution is -2.39. The zero-order valence-corrected chi connectivity index (χ0v) is 10.8. The molecule has 0 bridgehead atoms. The number of hydrogen-bond donors (Lipinski definition) is 4. The molecule has 19 heavy (non-hydrogen) atoms. The molecule has 0 aliphatic heterocycles. The number of hydrogen-bond acceptors (Lipinski definition) is 7. The predicted octanol–water partition coefficient (Wildman–Crippen LogP) is -2.48. The number of nitrogens with two attached hydrogens (primary N) is 3. The van der Waals surface area contributed by atoms with Gasteiger partial charge in [0.25, 0.3) is 5.91 Å². The van der Waals surface area contributed by atoms with Crippen LogP contribution >= 0.6 is 11.3 Å². The Hall–Kier alpha value is -2.04.